The smallest absolute Gasteiger partial charge is 0.0113 e. The topological polar surface area (TPSA) is 6.48 Å². The van der Waals surface area contributed by atoms with Crippen molar-refractivity contribution in [3.63, 3.8) is 0 Å². The van der Waals surface area contributed by atoms with Gasteiger partial charge in [-0.05, 0) is 26.8 Å². The molecule has 2 heteroatoms. The number of hydrogen-bond donors (Lipinski definition) is 0. The molecule has 0 amide bonds. The van der Waals surface area contributed by atoms with E-state index in [0.717, 1.165) is 6.04 Å². The van der Waals surface area contributed by atoms with Crippen LogP contribution in [0.3, 0.4) is 0 Å². The molecule has 1 heterocycles. The molecule has 0 radical (unpaired) electrons. The second-order valence-electron chi connectivity index (χ2n) is 7.51. The summed E-state index contributed by atoms with van der Waals surface area (Å²) in [5.74, 6) is 0. The Morgan fingerprint density at radius 3 is 1.55 bits per heavy atom. The third-order valence-electron chi connectivity index (χ3n) is 5.22. The first-order valence-corrected chi connectivity index (χ1v) is 10.2. The molecule has 0 unspecified atom stereocenters. The van der Waals surface area contributed by atoms with Crippen molar-refractivity contribution in [2.75, 3.05) is 32.7 Å². The van der Waals surface area contributed by atoms with Crippen molar-refractivity contribution in [1.29, 1.82) is 0 Å². The molecule has 1 aliphatic heterocycles. The van der Waals surface area contributed by atoms with Gasteiger partial charge < -0.3 is 4.90 Å². The molecule has 1 rings (SSSR count). The van der Waals surface area contributed by atoms with Crippen LogP contribution in [0.2, 0.25) is 0 Å². The van der Waals surface area contributed by atoms with Gasteiger partial charge in [0.2, 0.25) is 0 Å². The molecule has 0 N–H and O–H groups in total. The van der Waals surface area contributed by atoms with E-state index in [0.29, 0.717) is 0 Å². The summed E-state index contributed by atoms with van der Waals surface area (Å²) in [4.78, 5) is 5.28. The summed E-state index contributed by atoms with van der Waals surface area (Å²) >= 11 is 0. The van der Waals surface area contributed by atoms with E-state index < -0.39 is 0 Å². The van der Waals surface area contributed by atoms with Gasteiger partial charge in [-0.15, -0.1) is 0 Å². The number of piperazine rings is 1. The van der Waals surface area contributed by atoms with Gasteiger partial charge in [-0.25, -0.2) is 0 Å². The SMILES string of the molecule is CCCCCCCCCCCCCN1CCN(C(C)C)CC1. The lowest BCUT2D eigenvalue weighted by atomic mass is 10.1. The fourth-order valence-electron chi connectivity index (χ4n) is 3.50. The highest BCUT2D eigenvalue weighted by atomic mass is 15.3. The molecule has 0 atom stereocenters. The molecular weight excluding hydrogens is 268 g/mol. The third-order valence-corrected chi connectivity index (χ3v) is 5.22. The first-order valence-electron chi connectivity index (χ1n) is 10.2. The second-order valence-corrected chi connectivity index (χ2v) is 7.51. The minimum Gasteiger partial charge on any atom is -0.301 e. The molecule has 1 aliphatic rings. The van der Waals surface area contributed by atoms with E-state index in [1.54, 1.807) is 0 Å². The van der Waals surface area contributed by atoms with Crippen LogP contribution in [0.4, 0.5) is 0 Å². The highest BCUT2D eigenvalue weighted by molar-refractivity contribution is 4.74. The van der Waals surface area contributed by atoms with Crippen LogP contribution in [0.5, 0.6) is 0 Å². The van der Waals surface area contributed by atoms with Crippen molar-refractivity contribution in [3.8, 4) is 0 Å². The maximum Gasteiger partial charge on any atom is 0.0113 e. The normalized spacial score (nSPS) is 17.5. The maximum atomic E-state index is 2.67. The Kier molecular flexibility index (Phi) is 12.1. The van der Waals surface area contributed by atoms with Gasteiger partial charge in [0.1, 0.15) is 0 Å². The molecule has 0 aliphatic carbocycles. The van der Waals surface area contributed by atoms with Crippen molar-refractivity contribution in [3.05, 3.63) is 0 Å². The molecular formula is C20H42N2. The summed E-state index contributed by atoms with van der Waals surface area (Å²) in [6.07, 6.45) is 15.9. The lowest BCUT2D eigenvalue weighted by Crippen LogP contribution is -2.48. The summed E-state index contributed by atoms with van der Waals surface area (Å²) in [5.41, 5.74) is 0. The highest BCUT2D eigenvalue weighted by Crippen LogP contribution is 2.12. The van der Waals surface area contributed by atoms with Crippen LogP contribution in [-0.4, -0.2) is 48.6 Å². The number of rotatable bonds is 13. The summed E-state index contributed by atoms with van der Waals surface area (Å²) < 4.78 is 0. The molecule has 0 bridgehead atoms. The number of hydrogen-bond acceptors (Lipinski definition) is 2. The van der Waals surface area contributed by atoms with E-state index in [-0.39, 0.29) is 0 Å². The molecule has 0 aromatic carbocycles. The Balaban J connectivity index is 1.80. The molecule has 1 saturated heterocycles. The molecule has 0 saturated carbocycles. The lowest BCUT2D eigenvalue weighted by molar-refractivity contribution is 0.107. The summed E-state index contributed by atoms with van der Waals surface area (Å²) in [6, 6.07) is 0.726. The predicted molar refractivity (Wildman–Crippen MR) is 99.6 cm³/mol. The molecule has 132 valence electrons. The number of unbranched alkanes of at least 4 members (excludes halogenated alkanes) is 10. The molecule has 0 aromatic heterocycles. The van der Waals surface area contributed by atoms with E-state index in [1.807, 2.05) is 0 Å². The summed E-state index contributed by atoms with van der Waals surface area (Å²) in [7, 11) is 0. The standard InChI is InChI=1S/C20H42N2/c1-4-5-6-7-8-9-10-11-12-13-14-15-21-16-18-22(19-17-21)20(2)3/h20H,4-19H2,1-3H3. The highest BCUT2D eigenvalue weighted by Gasteiger charge is 2.17. The van der Waals surface area contributed by atoms with Crippen LogP contribution in [-0.2, 0) is 0 Å². The van der Waals surface area contributed by atoms with Crippen LogP contribution in [0.25, 0.3) is 0 Å². The van der Waals surface area contributed by atoms with E-state index in [1.165, 1.54) is 103 Å². The van der Waals surface area contributed by atoms with E-state index in [2.05, 4.69) is 30.6 Å². The minimum atomic E-state index is 0.726. The molecule has 0 aromatic rings. The third kappa shape index (κ3) is 9.84. The van der Waals surface area contributed by atoms with Gasteiger partial charge in [0.15, 0.2) is 0 Å². The number of nitrogens with zero attached hydrogens (tertiary/aromatic N) is 2. The molecule has 2 nitrogen and oxygen atoms in total. The van der Waals surface area contributed by atoms with Gasteiger partial charge in [-0.1, -0.05) is 71.1 Å². The Morgan fingerprint density at radius 1 is 0.636 bits per heavy atom. The fourth-order valence-corrected chi connectivity index (χ4v) is 3.50. The van der Waals surface area contributed by atoms with Gasteiger partial charge in [0, 0.05) is 32.2 Å². The van der Waals surface area contributed by atoms with Crippen LogP contribution < -0.4 is 0 Å². The Bertz CT molecular complexity index is 232. The van der Waals surface area contributed by atoms with Gasteiger partial charge in [0.25, 0.3) is 0 Å². The van der Waals surface area contributed by atoms with Gasteiger partial charge >= 0.3 is 0 Å². The van der Waals surface area contributed by atoms with Crippen molar-refractivity contribution in [2.45, 2.75) is 97.4 Å². The Hall–Kier alpha value is -0.0800. The Morgan fingerprint density at radius 2 is 1.09 bits per heavy atom. The molecule has 22 heavy (non-hydrogen) atoms. The van der Waals surface area contributed by atoms with Crippen LogP contribution in [0.1, 0.15) is 91.4 Å². The van der Waals surface area contributed by atoms with E-state index in [4.69, 9.17) is 0 Å². The zero-order valence-electron chi connectivity index (χ0n) is 15.8. The summed E-state index contributed by atoms with van der Waals surface area (Å²) in [6.45, 7) is 13.4. The van der Waals surface area contributed by atoms with Crippen molar-refractivity contribution in [1.82, 2.24) is 9.80 Å². The Labute approximate surface area is 140 Å². The quantitative estimate of drug-likeness (QED) is 0.425. The first-order chi connectivity index (χ1) is 10.7. The van der Waals surface area contributed by atoms with Gasteiger partial charge in [-0.3, -0.25) is 4.90 Å². The van der Waals surface area contributed by atoms with Gasteiger partial charge in [0.05, 0.1) is 0 Å². The summed E-state index contributed by atoms with van der Waals surface area (Å²) in [5, 5.41) is 0. The maximum absolute atomic E-state index is 2.67. The minimum absolute atomic E-state index is 0.726. The van der Waals surface area contributed by atoms with Crippen LogP contribution in [0.15, 0.2) is 0 Å². The van der Waals surface area contributed by atoms with Crippen molar-refractivity contribution in [2.24, 2.45) is 0 Å². The lowest BCUT2D eigenvalue weighted by Gasteiger charge is -2.36. The predicted octanol–water partition coefficient (Wildman–Crippen LogP) is 5.32. The average Bonchev–Trinajstić information content (AvgIpc) is 2.53. The second kappa shape index (κ2) is 13.4. The molecule has 1 fully saturated rings. The monoisotopic (exact) mass is 310 g/mol. The fraction of sp³-hybridized carbons (Fsp3) is 1.00. The van der Waals surface area contributed by atoms with Gasteiger partial charge in [-0.2, -0.15) is 0 Å². The first kappa shape index (κ1) is 20.0. The van der Waals surface area contributed by atoms with E-state index in [9.17, 15) is 0 Å². The average molecular weight is 311 g/mol. The van der Waals surface area contributed by atoms with Crippen LogP contribution >= 0.6 is 0 Å². The van der Waals surface area contributed by atoms with Crippen LogP contribution in [0, 0.1) is 0 Å². The van der Waals surface area contributed by atoms with E-state index >= 15 is 0 Å². The van der Waals surface area contributed by atoms with Crippen molar-refractivity contribution >= 4 is 0 Å². The largest absolute Gasteiger partial charge is 0.301 e. The van der Waals surface area contributed by atoms with Crippen molar-refractivity contribution < 1.29 is 0 Å². The molecule has 0 spiro atoms. The zero-order chi connectivity index (χ0) is 16.0. The zero-order valence-corrected chi connectivity index (χ0v) is 15.8.